The van der Waals surface area contributed by atoms with E-state index in [-0.39, 0.29) is 0 Å². The molecule has 0 saturated heterocycles. The van der Waals surface area contributed by atoms with Crippen molar-refractivity contribution >= 4 is 35.5 Å². The van der Waals surface area contributed by atoms with Gasteiger partial charge in [-0.1, -0.05) is 103 Å². The van der Waals surface area contributed by atoms with Crippen LogP contribution in [0.2, 0.25) is 6.04 Å². The third-order valence-electron chi connectivity index (χ3n) is 4.81. The summed E-state index contributed by atoms with van der Waals surface area (Å²) in [6.45, 7) is 0. The van der Waals surface area contributed by atoms with Gasteiger partial charge in [-0.25, -0.2) is 0 Å². The van der Waals surface area contributed by atoms with E-state index in [1.807, 2.05) is 0 Å². The maximum Gasteiger partial charge on any atom is 0.303 e. The van der Waals surface area contributed by atoms with Crippen molar-refractivity contribution in [3.8, 4) is 0 Å². The van der Waals surface area contributed by atoms with Crippen molar-refractivity contribution in [1.82, 2.24) is 0 Å². The average Bonchev–Trinajstić information content (AvgIpc) is 2.56. The van der Waals surface area contributed by atoms with Crippen LogP contribution in [0.25, 0.3) is 0 Å². The highest BCUT2D eigenvalue weighted by Gasteiger charge is 2.00. The summed E-state index contributed by atoms with van der Waals surface area (Å²) in [4.78, 5) is 10.4. The van der Waals surface area contributed by atoms with Gasteiger partial charge >= 0.3 is 5.97 Å². The summed E-state index contributed by atoms with van der Waals surface area (Å²) in [5.41, 5.74) is 0. The smallest absolute Gasteiger partial charge is 0.303 e. The summed E-state index contributed by atoms with van der Waals surface area (Å²) >= 11 is 11.7. The van der Waals surface area contributed by atoms with E-state index >= 15 is 0 Å². The van der Waals surface area contributed by atoms with Crippen LogP contribution in [0.5, 0.6) is 0 Å². The van der Waals surface area contributed by atoms with Gasteiger partial charge in [0, 0.05) is 6.42 Å². The van der Waals surface area contributed by atoms with E-state index in [4.69, 9.17) is 27.3 Å². The number of carboxylic acids is 1. The number of hydrogen-bond donors (Lipinski definition) is 1. The molecule has 0 atom stereocenters. The molecule has 0 unspecified atom stereocenters. The molecule has 0 aromatic heterocycles. The van der Waals surface area contributed by atoms with E-state index in [0.29, 0.717) is 6.42 Å². The standard InChI is InChI=1S/C20H40Cl2O2Si/c21-25(22)19-17-15-13-11-9-7-5-3-1-2-4-6-8-10-12-14-16-18-20(23)24/h25H,1-19H2,(H,23,24). The van der Waals surface area contributed by atoms with Gasteiger partial charge in [0.1, 0.15) is 0 Å². The number of carboxylic acid groups (broad SMARTS) is 1. The molecule has 0 radical (unpaired) electrons. The number of aliphatic carboxylic acids is 1. The first-order valence-electron chi connectivity index (χ1n) is 10.6. The van der Waals surface area contributed by atoms with Gasteiger partial charge in [0.2, 0.25) is 7.42 Å². The molecular formula is C20H40Cl2O2Si. The van der Waals surface area contributed by atoms with Crippen LogP contribution in [0.4, 0.5) is 0 Å². The monoisotopic (exact) mass is 410 g/mol. The van der Waals surface area contributed by atoms with Crippen molar-refractivity contribution in [1.29, 1.82) is 0 Å². The normalized spacial score (nSPS) is 11.3. The summed E-state index contributed by atoms with van der Waals surface area (Å²) in [5.74, 6) is -0.659. The lowest BCUT2D eigenvalue weighted by Gasteiger charge is -2.04. The van der Waals surface area contributed by atoms with Crippen LogP contribution in [0.1, 0.15) is 116 Å². The highest BCUT2D eigenvalue weighted by atomic mass is 35.7. The third kappa shape index (κ3) is 24.3. The molecule has 1 N–H and O–H groups in total. The fourth-order valence-corrected chi connectivity index (χ4v) is 4.75. The first kappa shape index (κ1) is 25.3. The molecule has 0 amide bonds. The highest BCUT2D eigenvalue weighted by molar-refractivity contribution is 7.33. The van der Waals surface area contributed by atoms with E-state index in [2.05, 4.69) is 0 Å². The zero-order valence-electron chi connectivity index (χ0n) is 16.1. The van der Waals surface area contributed by atoms with Gasteiger partial charge in [-0.3, -0.25) is 4.79 Å². The molecule has 0 aromatic carbocycles. The van der Waals surface area contributed by atoms with Gasteiger partial charge in [0.05, 0.1) is 0 Å². The second kappa shape index (κ2) is 20.6. The molecule has 150 valence electrons. The maximum atomic E-state index is 10.4. The minimum absolute atomic E-state index is 0.337. The predicted octanol–water partition coefficient (Wildman–Crippen LogP) is 7.79. The summed E-state index contributed by atoms with van der Waals surface area (Å²) in [7, 11) is -1.35. The van der Waals surface area contributed by atoms with Gasteiger partial charge < -0.3 is 5.11 Å². The highest BCUT2D eigenvalue weighted by Crippen LogP contribution is 2.15. The lowest BCUT2D eigenvalue weighted by Crippen LogP contribution is -1.93. The van der Waals surface area contributed by atoms with Crippen molar-refractivity contribution in [2.45, 2.75) is 122 Å². The van der Waals surface area contributed by atoms with E-state index < -0.39 is 13.4 Å². The SMILES string of the molecule is O=C(O)CCCCCCCCCCCCCCCCCCC[SiH](Cl)Cl. The second-order valence-corrected chi connectivity index (χ2v) is 12.5. The van der Waals surface area contributed by atoms with Crippen molar-refractivity contribution in [3.63, 3.8) is 0 Å². The van der Waals surface area contributed by atoms with Gasteiger partial charge in [0.25, 0.3) is 0 Å². The molecule has 0 saturated carbocycles. The molecule has 0 aliphatic carbocycles. The van der Waals surface area contributed by atoms with Gasteiger partial charge in [-0.15, -0.1) is 0 Å². The van der Waals surface area contributed by atoms with Crippen molar-refractivity contribution < 1.29 is 9.90 Å². The number of rotatable bonds is 20. The Morgan fingerprint density at radius 3 is 1.12 bits per heavy atom. The lowest BCUT2D eigenvalue weighted by molar-refractivity contribution is -0.137. The molecule has 0 fully saturated rings. The van der Waals surface area contributed by atoms with Crippen LogP contribution >= 0.6 is 22.2 Å². The summed E-state index contributed by atoms with van der Waals surface area (Å²) < 4.78 is 0. The molecule has 25 heavy (non-hydrogen) atoms. The Bertz CT molecular complexity index is 289. The third-order valence-corrected chi connectivity index (χ3v) is 6.97. The van der Waals surface area contributed by atoms with Crippen LogP contribution in [-0.4, -0.2) is 18.5 Å². The maximum absolute atomic E-state index is 10.4. The van der Waals surface area contributed by atoms with E-state index in [9.17, 15) is 4.79 Å². The van der Waals surface area contributed by atoms with Gasteiger partial charge in [0.15, 0.2) is 0 Å². The Morgan fingerprint density at radius 2 is 0.840 bits per heavy atom. The van der Waals surface area contributed by atoms with E-state index in [1.165, 1.54) is 96.3 Å². The minimum atomic E-state index is -1.35. The number of halogens is 2. The molecule has 0 aliphatic heterocycles. The Morgan fingerprint density at radius 1 is 0.560 bits per heavy atom. The van der Waals surface area contributed by atoms with E-state index in [1.54, 1.807) is 0 Å². The van der Waals surface area contributed by atoms with Crippen molar-refractivity contribution in [2.75, 3.05) is 0 Å². The fraction of sp³-hybridized carbons (Fsp3) is 0.950. The van der Waals surface area contributed by atoms with E-state index in [0.717, 1.165) is 18.9 Å². The topological polar surface area (TPSA) is 37.3 Å². The zero-order chi connectivity index (χ0) is 18.6. The van der Waals surface area contributed by atoms with Crippen molar-refractivity contribution in [2.24, 2.45) is 0 Å². The zero-order valence-corrected chi connectivity index (χ0v) is 18.8. The van der Waals surface area contributed by atoms with Crippen LogP contribution in [0.3, 0.4) is 0 Å². The lowest BCUT2D eigenvalue weighted by atomic mass is 10.0. The van der Waals surface area contributed by atoms with Gasteiger partial charge in [-0.2, -0.15) is 22.2 Å². The minimum Gasteiger partial charge on any atom is -0.481 e. The molecule has 5 heteroatoms. The average molecular weight is 412 g/mol. The predicted molar refractivity (Wildman–Crippen MR) is 114 cm³/mol. The van der Waals surface area contributed by atoms with Crippen LogP contribution in [-0.2, 0) is 4.79 Å². The van der Waals surface area contributed by atoms with Gasteiger partial charge in [-0.05, 0) is 12.5 Å². The first-order chi connectivity index (χ1) is 12.1. The molecule has 0 bridgehead atoms. The molecule has 0 aromatic rings. The number of unbranched alkanes of at least 4 members (excludes halogenated alkanes) is 16. The van der Waals surface area contributed by atoms with Crippen LogP contribution in [0, 0.1) is 0 Å². The number of hydrogen-bond acceptors (Lipinski definition) is 1. The molecule has 0 spiro atoms. The fourth-order valence-electron chi connectivity index (χ4n) is 3.23. The summed E-state index contributed by atoms with van der Waals surface area (Å²) in [6.07, 6.45) is 22.5. The van der Waals surface area contributed by atoms with Crippen molar-refractivity contribution in [3.05, 3.63) is 0 Å². The molecular weight excluding hydrogens is 371 g/mol. The van der Waals surface area contributed by atoms with Crippen LogP contribution < -0.4 is 0 Å². The Labute approximate surface area is 167 Å². The second-order valence-electron chi connectivity index (χ2n) is 7.33. The largest absolute Gasteiger partial charge is 0.481 e. The summed E-state index contributed by atoms with van der Waals surface area (Å²) in [6, 6.07) is 1.08. The Hall–Kier alpha value is 0.267. The molecule has 0 rings (SSSR count). The molecule has 0 aliphatic rings. The molecule has 0 heterocycles. The molecule has 2 nitrogen and oxygen atoms in total. The van der Waals surface area contributed by atoms with Crippen LogP contribution in [0.15, 0.2) is 0 Å². The number of carbonyl (C=O) groups is 1. The quantitative estimate of drug-likeness (QED) is 0.126. The Balaban J connectivity index is 2.99. The summed E-state index contributed by atoms with van der Waals surface area (Å²) in [5, 5.41) is 8.56. The Kier molecular flexibility index (Phi) is 20.8. The first-order valence-corrected chi connectivity index (χ1v) is 14.9.